The summed E-state index contributed by atoms with van der Waals surface area (Å²) in [6, 6.07) is 9.96. The lowest BCUT2D eigenvalue weighted by Gasteiger charge is -2.36. The van der Waals surface area contributed by atoms with Crippen molar-refractivity contribution in [1.29, 1.82) is 0 Å². The molecule has 112 valence electrons. The number of methoxy groups -OCH3 is 1. The van der Waals surface area contributed by atoms with Crippen LogP contribution < -0.4 is 5.32 Å². The van der Waals surface area contributed by atoms with Gasteiger partial charge in [0.25, 0.3) is 0 Å². The molecular formula is C17H28N2O. The van der Waals surface area contributed by atoms with Gasteiger partial charge in [0.05, 0.1) is 6.61 Å². The average molecular weight is 276 g/mol. The largest absolute Gasteiger partial charge is 0.383 e. The predicted molar refractivity (Wildman–Crippen MR) is 83.8 cm³/mol. The molecule has 0 saturated heterocycles. The van der Waals surface area contributed by atoms with Gasteiger partial charge < -0.3 is 10.1 Å². The summed E-state index contributed by atoms with van der Waals surface area (Å²) in [5, 5.41) is 3.54. The number of fused-ring (bicyclic) bond motifs is 1. The Morgan fingerprint density at radius 1 is 1.40 bits per heavy atom. The van der Waals surface area contributed by atoms with E-state index in [1.807, 2.05) is 0 Å². The molecule has 3 heteroatoms. The molecule has 1 heterocycles. The quantitative estimate of drug-likeness (QED) is 0.864. The molecule has 2 rings (SSSR count). The Hall–Kier alpha value is -0.900. The van der Waals surface area contributed by atoms with Crippen LogP contribution in [-0.2, 0) is 11.3 Å². The van der Waals surface area contributed by atoms with Crippen LogP contribution in [0.3, 0.4) is 0 Å². The highest BCUT2D eigenvalue weighted by molar-refractivity contribution is 5.31. The van der Waals surface area contributed by atoms with Gasteiger partial charge in [-0.3, -0.25) is 4.90 Å². The number of nitrogens with zero attached hydrogens (tertiary/aromatic N) is 1. The van der Waals surface area contributed by atoms with Crippen molar-refractivity contribution in [1.82, 2.24) is 10.2 Å². The Labute approximate surface area is 123 Å². The first-order valence-electron chi connectivity index (χ1n) is 7.81. The third kappa shape index (κ3) is 3.60. The zero-order valence-electron chi connectivity index (χ0n) is 13.1. The van der Waals surface area contributed by atoms with E-state index < -0.39 is 0 Å². The first kappa shape index (κ1) is 15.5. The monoisotopic (exact) mass is 276 g/mol. The molecule has 20 heavy (non-hydrogen) atoms. The van der Waals surface area contributed by atoms with Gasteiger partial charge in [-0.2, -0.15) is 0 Å². The van der Waals surface area contributed by atoms with Crippen molar-refractivity contribution in [3.05, 3.63) is 35.4 Å². The van der Waals surface area contributed by atoms with Gasteiger partial charge in [0.15, 0.2) is 0 Å². The highest BCUT2D eigenvalue weighted by Gasteiger charge is 2.26. The summed E-state index contributed by atoms with van der Waals surface area (Å²) < 4.78 is 5.32. The summed E-state index contributed by atoms with van der Waals surface area (Å²) in [6.45, 7) is 8.48. The standard InChI is InChI=1S/C17H28N2O/c1-4-14(2)19(11-12-20-3)17-9-10-18-13-15-7-5-6-8-16(15)17/h5-8,14,17-18H,4,9-13H2,1-3H3. The van der Waals surface area contributed by atoms with Crippen molar-refractivity contribution in [2.24, 2.45) is 0 Å². The molecule has 0 saturated carbocycles. The highest BCUT2D eigenvalue weighted by Crippen LogP contribution is 2.31. The summed E-state index contributed by atoms with van der Waals surface area (Å²) >= 11 is 0. The van der Waals surface area contributed by atoms with E-state index >= 15 is 0 Å². The lowest BCUT2D eigenvalue weighted by molar-refractivity contribution is 0.0845. The van der Waals surface area contributed by atoms with E-state index in [0.717, 1.165) is 26.2 Å². The lowest BCUT2D eigenvalue weighted by atomic mass is 9.96. The number of hydrogen-bond donors (Lipinski definition) is 1. The maximum Gasteiger partial charge on any atom is 0.0590 e. The SMILES string of the molecule is CCC(C)N(CCOC)C1CCNCc2ccccc21. The number of ether oxygens (including phenoxy) is 1. The Morgan fingerprint density at radius 2 is 2.20 bits per heavy atom. The van der Waals surface area contributed by atoms with E-state index in [0.29, 0.717) is 12.1 Å². The fourth-order valence-electron chi connectivity index (χ4n) is 3.10. The van der Waals surface area contributed by atoms with Crippen LogP contribution in [0.15, 0.2) is 24.3 Å². The molecule has 3 nitrogen and oxygen atoms in total. The molecular weight excluding hydrogens is 248 g/mol. The van der Waals surface area contributed by atoms with Crippen LogP contribution in [0.2, 0.25) is 0 Å². The van der Waals surface area contributed by atoms with Crippen LogP contribution in [0.5, 0.6) is 0 Å². The van der Waals surface area contributed by atoms with Crippen LogP contribution >= 0.6 is 0 Å². The predicted octanol–water partition coefficient (Wildman–Crippen LogP) is 2.97. The first-order valence-corrected chi connectivity index (χ1v) is 7.81. The molecule has 0 radical (unpaired) electrons. The minimum absolute atomic E-state index is 0.506. The molecule has 0 amide bonds. The van der Waals surface area contributed by atoms with Gasteiger partial charge in [0.1, 0.15) is 0 Å². The van der Waals surface area contributed by atoms with Crippen LogP contribution in [0.1, 0.15) is 43.9 Å². The van der Waals surface area contributed by atoms with Gasteiger partial charge in [-0.25, -0.2) is 0 Å². The molecule has 0 aromatic heterocycles. The molecule has 1 aromatic carbocycles. The molecule has 2 unspecified atom stereocenters. The fraction of sp³-hybridized carbons (Fsp3) is 0.647. The zero-order chi connectivity index (χ0) is 14.4. The van der Waals surface area contributed by atoms with Crippen molar-refractivity contribution in [2.45, 2.75) is 45.3 Å². The van der Waals surface area contributed by atoms with E-state index in [4.69, 9.17) is 4.74 Å². The van der Waals surface area contributed by atoms with Gasteiger partial charge >= 0.3 is 0 Å². The first-order chi connectivity index (χ1) is 9.77. The second-order valence-electron chi connectivity index (χ2n) is 5.67. The Balaban J connectivity index is 2.26. The average Bonchev–Trinajstić information content (AvgIpc) is 2.70. The van der Waals surface area contributed by atoms with Gasteiger partial charge in [-0.05, 0) is 37.4 Å². The molecule has 0 aliphatic carbocycles. The summed E-state index contributed by atoms with van der Waals surface area (Å²) in [5.74, 6) is 0. The molecule has 1 aliphatic heterocycles. The van der Waals surface area contributed by atoms with Crippen molar-refractivity contribution < 1.29 is 4.74 Å². The number of hydrogen-bond acceptors (Lipinski definition) is 3. The molecule has 2 atom stereocenters. The fourth-order valence-corrected chi connectivity index (χ4v) is 3.10. The zero-order valence-corrected chi connectivity index (χ0v) is 13.1. The molecule has 1 N–H and O–H groups in total. The van der Waals surface area contributed by atoms with Gasteiger partial charge in [0.2, 0.25) is 0 Å². The maximum atomic E-state index is 5.32. The number of rotatable bonds is 6. The van der Waals surface area contributed by atoms with Crippen LogP contribution in [-0.4, -0.2) is 37.7 Å². The molecule has 1 aliphatic rings. The maximum absolute atomic E-state index is 5.32. The van der Waals surface area contributed by atoms with Crippen LogP contribution in [0.4, 0.5) is 0 Å². The summed E-state index contributed by atoms with van der Waals surface area (Å²) in [7, 11) is 1.79. The van der Waals surface area contributed by atoms with Gasteiger partial charge in [0, 0.05) is 32.3 Å². The van der Waals surface area contributed by atoms with E-state index in [2.05, 4.69) is 48.3 Å². The Bertz CT molecular complexity index is 408. The van der Waals surface area contributed by atoms with Crippen molar-refractivity contribution >= 4 is 0 Å². The van der Waals surface area contributed by atoms with Crippen molar-refractivity contribution in [3.8, 4) is 0 Å². The molecule has 0 spiro atoms. The lowest BCUT2D eigenvalue weighted by Crippen LogP contribution is -2.39. The normalized spacial score (nSPS) is 20.5. The van der Waals surface area contributed by atoms with Gasteiger partial charge in [-0.1, -0.05) is 31.2 Å². The van der Waals surface area contributed by atoms with E-state index in [1.165, 1.54) is 24.0 Å². The Morgan fingerprint density at radius 3 is 2.95 bits per heavy atom. The second kappa shape index (κ2) is 7.77. The highest BCUT2D eigenvalue weighted by atomic mass is 16.5. The second-order valence-corrected chi connectivity index (χ2v) is 5.67. The smallest absolute Gasteiger partial charge is 0.0590 e. The third-order valence-electron chi connectivity index (χ3n) is 4.44. The van der Waals surface area contributed by atoms with E-state index in [-0.39, 0.29) is 0 Å². The third-order valence-corrected chi connectivity index (χ3v) is 4.44. The summed E-state index contributed by atoms with van der Waals surface area (Å²) in [5.41, 5.74) is 2.94. The van der Waals surface area contributed by atoms with E-state index in [9.17, 15) is 0 Å². The number of benzene rings is 1. The van der Waals surface area contributed by atoms with Gasteiger partial charge in [-0.15, -0.1) is 0 Å². The molecule has 0 fully saturated rings. The Kier molecular flexibility index (Phi) is 6.02. The van der Waals surface area contributed by atoms with Crippen LogP contribution in [0, 0.1) is 0 Å². The number of nitrogens with one attached hydrogen (secondary N) is 1. The van der Waals surface area contributed by atoms with Crippen molar-refractivity contribution in [2.75, 3.05) is 26.8 Å². The summed E-state index contributed by atoms with van der Waals surface area (Å²) in [4.78, 5) is 2.62. The topological polar surface area (TPSA) is 24.5 Å². The van der Waals surface area contributed by atoms with E-state index in [1.54, 1.807) is 7.11 Å². The summed E-state index contributed by atoms with van der Waals surface area (Å²) in [6.07, 6.45) is 2.35. The van der Waals surface area contributed by atoms with Crippen LogP contribution in [0.25, 0.3) is 0 Å². The van der Waals surface area contributed by atoms with Crippen molar-refractivity contribution in [3.63, 3.8) is 0 Å². The molecule has 1 aromatic rings. The minimum Gasteiger partial charge on any atom is -0.383 e. The molecule has 0 bridgehead atoms. The minimum atomic E-state index is 0.506.